The molecule has 0 radical (unpaired) electrons. The molecule has 3 aromatic heterocycles. The second-order valence-electron chi connectivity index (χ2n) is 23.4. The Morgan fingerprint density at radius 2 is 0.846 bits per heavy atom. The van der Waals surface area contributed by atoms with Gasteiger partial charge in [-0.1, -0.05) is 188 Å². The molecule has 3 heterocycles. The van der Waals surface area contributed by atoms with Crippen molar-refractivity contribution < 1.29 is 28.0 Å². The van der Waals surface area contributed by atoms with Crippen molar-refractivity contribution in [2.45, 2.75) is 84.0 Å². The third kappa shape index (κ3) is 15.8. The first-order chi connectivity index (χ1) is 44.2. The van der Waals surface area contributed by atoms with Crippen LogP contribution in [-0.4, -0.2) is 80.5 Å². The van der Waals surface area contributed by atoms with E-state index >= 15 is 0 Å². The summed E-state index contributed by atoms with van der Waals surface area (Å²) in [4.78, 5) is 50.7. The highest BCUT2D eigenvalue weighted by Crippen LogP contribution is 2.38. The molecule has 4 atom stereocenters. The number of nitrogens with zero attached hydrogens (tertiary/aromatic N) is 1. The third-order valence-corrected chi connectivity index (χ3v) is 17.2. The summed E-state index contributed by atoms with van der Waals surface area (Å²) >= 11 is 0. The standard InChI is InChI=1S/C23H21NO2.C20H20N2O.C19H19NO2.C18H19NO/c1-15(25)21(24-2)14-16-10-12-17(13-11-16)18-7-5-8-20-19-6-3-4-9-22(19)26-23(18)20;1-14(23)20(21-2)11-15-7-9-16(10-8-15)18-12-17-5-3-4-6-19(17)22-13-18;1-13(21)17(20-2)11-14-7-9-15(10-8-14)19-12-16-5-3-4-6-18(16)22-19;1-12(20)18(19-2)10-13-7-8-17-15(9-13)11-14-5-3-4-6-16(14)17/h3-13,21,24H,14H2,1-2H3;3-10,12-13,20-21H,11H2,1-2H3;3-10,12,17,20H,11H2,1-2H3;3-9,18-19H,10-11H2,1-2H3/t21-;20-;17-;18-/m0000/s1. The van der Waals surface area contributed by atoms with Crippen molar-refractivity contribution >= 4 is 66.9 Å². The maximum Gasteiger partial charge on any atom is 0.147 e. The van der Waals surface area contributed by atoms with Crippen LogP contribution in [0.2, 0.25) is 0 Å². The summed E-state index contributed by atoms with van der Waals surface area (Å²) in [5.74, 6) is 1.53. The van der Waals surface area contributed by atoms with E-state index in [4.69, 9.17) is 8.83 Å². The Hall–Kier alpha value is -9.75. The lowest BCUT2D eigenvalue weighted by molar-refractivity contribution is -0.119. The van der Waals surface area contributed by atoms with Crippen molar-refractivity contribution in [2.75, 3.05) is 28.2 Å². The average molecular weight is 1210 g/mol. The minimum absolute atomic E-state index is 0.0863. The summed E-state index contributed by atoms with van der Waals surface area (Å²) in [5.41, 5.74) is 19.3. The highest BCUT2D eigenvalue weighted by molar-refractivity contribution is 6.09. The number of carbonyl (C=O) groups excluding carboxylic acids is 4. The molecule has 0 saturated heterocycles. The number of aromatic nitrogens is 1. The van der Waals surface area contributed by atoms with Crippen molar-refractivity contribution in [1.82, 2.24) is 26.3 Å². The first kappa shape index (κ1) is 64.2. The van der Waals surface area contributed by atoms with Gasteiger partial charge in [-0.2, -0.15) is 0 Å². The van der Waals surface area contributed by atoms with Crippen LogP contribution in [0.3, 0.4) is 0 Å². The molecular weight excluding hydrogens is 1130 g/mol. The number of pyridine rings is 1. The van der Waals surface area contributed by atoms with Crippen LogP contribution in [0.4, 0.5) is 0 Å². The molecule has 0 saturated carbocycles. The minimum atomic E-state index is -0.139. The van der Waals surface area contributed by atoms with Gasteiger partial charge in [0.25, 0.3) is 0 Å². The van der Waals surface area contributed by atoms with Crippen LogP contribution in [0.1, 0.15) is 61.1 Å². The Bertz CT molecular complexity index is 4460. The van der Waals surface area contributed by atoms with E-state index in [2.05, 4.69) is 172 Å². The van der Waals surface area contributed by atoms with E-state index in [1.165, 1.54) is 27.8 Å². The molecule has 0 unspecified atom stereocenters. The number of para-hydroxylation sites is 4. The van der Waals surface area contributed by atoms with Crippen LogP contribution in [-0.2, 0) is 51.3 Å². The number of nitrogens with one attached hydrogen (secondary N) is 4. The zero-order chi connectivity index (χ0) is 64.0. The molecule has 13 rings (SSSR count). The van der Waals surface area contributed by atoms with Crippen molar-refractivity contribution in [2.24, 2.45) is 0 Å². The molecule has 1 aliphatic carbocycles. The van der Waals surface area contributed by atoms with Gasteiger partial charge in [0.15, 0.2) is 0 Å². The fraction of sp³-hybridized carbons (Fsp3) is 0.212. The first-order valence-corrected chi connectivity index (χ1v) is 31.1. The fourth-order valence-corrected chi connectivity index (χ4v) is 11.9. The van der Waals surface area contributed by atoms with E-state index < -0.39 is 0 Å². The molecule has 0 bridgehead atoms. The Kier molecular flexibility index (Phi) is 21.3. The van der Waals surface area contributed by atoms with Crippen LogP contribution >= 0.6 is 0 Å². The van der Waals surface area contributed by atoms with E-state index in [9.17, 15) is 19.2 Å². The number of ketones is 4. The second-order valence-corrected chi connectivity index (χ2v) is 23.4. The monoisotopic (exact) mass is 1210 g/mol. The zero-order valence-electron chi connectivity index (χ0n) is 53.1. The molecule has 4 N–H and O–H groups in total. The Morgan fingerprint density at radius 3 is 1.43 bits per heavy atom. The number of fused-ring (bicyclic) bond motifs is 8. The minimum Gasteiger partial charge on any atom is -0.456 e. The maximum atomic E-state index is 11.6. The summed E-state index contributed by atoms with van der Waals surface area (Å²) in [5, 5.41) is 16.8. The molecule has 0 fully saturated rings. The van der Waals surface area contributed by atoms with Crippen LogP contribution in [0.15, 0.2) is 233 Å². The first-order valence-electron chi connectivity index (χ1n) is 31.1. The lowest BCUT2D eigenvalue weighted by Crippen LogP contribution is -2.34. The number of rotatable bonds is 19. The van der Waals surface area contributed by atoms with E-state index in [0.717, 1.165) is 107 Å². The molecule has 11 heteroatoms. The van der Waals surface area contributed by atoms with Crippen LogP contribution in [0.25, 0.3) is 88.5 Å². The van der Waals surface area contributed by atoms with Gasteiger partial charge < -0.3 is 30.1 Å². The van der Waals surface area contributed by atoms with E-state index in [-0.39, 0.29) is 47.3 Å². The molecule has 11 nitrogen and oxygen atoms in total. The predicted octanol–water partition coefficient (Wildman–Crippen LogP) is 15.4. The summed E-state index contributed by atoms with van der Waals surface area (Å²) in [7, 11) is 7.30. The quantitative estimate of drug-likeness (QED) is 0.0611. The number of carbonyl (C=O) groups is 4. The van der Waals surface area contributed by atoms with E-state index in [1.54, 1.807) is 27.7 Å². The highest BCUT2D eigenvalue weighted by Gasteiger charge is 2.21. The zero-order valence-corrected chi connectivity index (χ0v) is 53.1. The number of hydrogen-bond acceptors (Lipinski definition) is 11. The maximum absolute atomic E-state index is 11.6. The largest absolute Gasteiger partial charge is 0.456 e. The van der Waals surface area contributed by atoms with Crippen molar-refractivity contribution in [3.63, 3.8) is 0 Å². The Balaban J connectivity index is 0.000000134. The molecule has 0 aliphatic heterocycles. The molecule has 91 heavy (non-hydrogen) atoms. The Morgan fingerprint density at radius 1 is 0.385 bits per heavy atom. The van der Waals surface area contributed by atoms with Gasteiger partial charge in [-0.15, -0.1) is 0 Å². The summed E-state index contributed by atoms with van der Waals surface area (Å²) in [6.07, 6.45) is 5.78. The highest BCUT2D eigenvalue weighted by atomic mass is 16.3. The lowest BCUT2D eigenvalue weighted by atomic mass is 9.98. The third-order valence-electron chi connectivity index (χ3n) is 17.2. The smallest absolute Gasteiger partial charge is 0.147 e. The second kappa shape index (κ2) is 30.2. The number of benzene rings is 9. The van der Waals surface area contributed by atoms with Gasteiger partial charge in [0, 0.05) is 44.4 Å². The lowest BCUT2D eigenvalue weighted by Gasteiger charge is -2.13. The molecule has 0 spiro atoms. The van der Waals surface area contributed by atoms with Crippen LogP contribution in [0, 0.1) is 0 Å². The number of Topliss-reactive ketones (excluding diaryl/α,β-unsaturated/α-hetero) is 4. The van der Waals surface area contributed by atoms with Gasteiger partial charge >= 0.3 is 0 Å². The Labute approximate surface area is 533 Å². The van der Waals surface area contributed by atoms with Crippen molar-refractivity contribution in [3.8, 4) is 44.7 Å². The van der Waals surface area contributed by atoms with Crippen LogP contribution in [0.5, 0.6) is 0 Å². The SMILES string of the molecule is CN[C@@H](Cc1ccc(-c2cc3ccccc3o2)cc1)C(C)=O.CN[C@@H](Cc1ccc(-c2cccc3c2oc2ccccc23)cc1)C(C)=O.CN[C@@H](Cc1ccc(-c2cnc3ccccc3c2)cc1)C(C)=O.CN[C@@H](Cc1ccc2c(c1)Cc1ccccc1-2)C(C)=O. The number of furan rings is 2. The van der Waals surface area contributed by atoms with Crippen molar-refractivity contribution in [3.05, 3.63) is 258 Å². The van der Waals surface area contributed by atoms with Crippen molar-refractivity contribution in [1.29, 1.82) is 0 Å². The average Bonchev–Trinajstić information content (AvgIpc) is 1.67. The van der Waals surface area contributed by atoms with E-state index in [1.807, 2.05) is 107 Å². The van der Waals surface area contributed by atoms with Gasteiger partial charge in [0.2, 0.25) is 0 Å². The summed E-state index contributed by atoms with van der Waals surface area (Å²) in [6, 6.07) is 74.3. The summed E-state index contributed by atoms with van der Waals surface area (Å²) < 4.78 is 12.0. The van der Waals surface area contributed by atoms with Crippen LogP contribution < -0.4 is 21.3 Å². The topological polar surface area (TPSA) is 156 Å². The van der Waals surface area contributed by atoms with Gasteiger partial charge in [-0.05, 0) is 174 Å². The normalized spacial score (nSPS) is 12.7. The fourth-order valence-electron chi connectivity index (χ4n) is 11.9. The molecule has 1 aliphatic rings. The predicted molar refractivity (Wildman–Crippen MR) is 372 cm³/mol. The molecule has 460 valence electrons. The molecular formula is C80H79N5O6. The molecule has 9 aromatic carbocycles. The molecule has 12 aromatic rings. The van der Waals surface area contributed by atoms with Gasteiger partial charge in [-0.25, -0.2) is 0 Å². The van der Waals surface area contributed by atoms with Gasteiger partial charge in [0.05, 0.1) is 29.7 Å². The van der Waals surface area contributed by atoms with E-state index in [0.29, 0.717) is 19.3 Å². The molecule has 0 amide bonds. The summed E-state index contributed by atoms with van der Waals surface area (Å²) in [6.45, 7) is 6.50. The van der Waals surface area contributed by atoms with Gasteiger partial charge in [0.1, 0.15) is 45.6 Å². The number of likely N-dealkylation sites (N-methyl/N-ethyl adjacent to an activating group) is 4. The number of hydrogen-bond donors (Lipinski definition) is 4. The van der Waals surface area contributed by atoms with Gasteiger partial charge in [-0.3, -0.25) is 24.2 Å².